The molecule has 3 rings (SSSR count). The van der Waals surface area contributed by atoms with E-state index in [1.165, 1.54) is 42.5 Å². The van der Waals surface area contributed by atoms with Crippen molar-refractivity contribution < 1.29 is 17.6 Å². The summed E-state index contributed by atoms with van der Waals surface area (Å²) in [5, 5.41) is 9.22. The normalized spacial score (nSPS) is 14.9. The quantitative estimate of drug-likeness (QED) is 0.804. The third kappa shape index (κ3) is 3.97. The Morgan fingerprint density at radius 3 is 2.62 bits per heavy atom. The largest absolute Gasteiger partial charge is 0.283 e. The standard InChI is InChI=1S/C20H13ClFN3O3S/c1-2-12-10-16(24-19(12)18-13(11-23)6-5-8-15(18)22)20(26)25-29(27,28)17-9-4-3-7-14(17)21/h2-10H,1H3,(H,25,26)/b12-2+. The Bertz CT molecular complexity index is 1260. The van der Waals surface area contributed by atoms with Crippen molar-refractivity contribution in [1.29, 1.82) is 5.26 Å². The van der Waals surface area contributed by atoms with E-state index in [0.29, 0.717) is 5.57 Å². The Hall–Kier alpha value is -3.28. The summed E-state index contributed by atoms with van der Waals surface area (Å²) in [6.45, 7) is 1.65. The molecule has 1 heterocycles. The third-order valence-electron chi connectivity index (χ3n) is 4.07. The van der Waals surface area contributed by atoms with Crippen LogP contribution < -0.4 is 4.72 Å². The van der Waals surface area contributed by atoms with Crippen LogP contribution in [0, 0.1) is 17.1 Å². The number of amides is 1. The third-order valence-corrected chi connectivity index (χ3v) is 5.90. The highest BCUT2D eigenvalue weighted by atomic mass is 35.5. The second kappa shape index (κ2) is 7.99. The van der Waals surface area contributed by atoms with Gasteiger partial charge in [0.05, 0.1) is 27.9 Å². The zero-order chi connectivity index (χ0) is 21.2. The van der Waals surface area contributed by atoms with Crippen LogP contribution in [0.15, 0.2) is 75.8 Å². The monoisotopic (exact) mass is 429 g/mol. The minimum absolute atomic E-state index is 0.0434. The summed E-state index contributed by atoms with van der Waals surface area (Å²) in [6.07, 6.45) is 2.90. The number of rotatable bonds is 4. The number of hydrogen-bond acceptors (Lipinski definition) is 5. The SMILES string of the molecule is C/C=C1\C=C(C(=O)NS(=O)(=O)c2ccccc2Cl)N=C1c1c(F)cccc1C#N. The van der Waals surface area contributed by atoms with Gasteiger partial charge in [-0.05, 0) is 42.8 Å². The molecule has 0 unspecified atom stereocenters. The van der Waals surface area contributed by atoms with Crippen LogP contribution in [0.4, 0.5) is 4.39 Å². The highest BCUT2D eigenvalue weighted by Crippen LogP contribution is 2.26. The molecule has 29 heavy (non-hydrogen) atoms. The number of halogens is 2. The Morgan fingerprint density at radius 1 is 1.24 bits per heavy atom. The summed E-state index contributed by atoms with van der Waals surface area (Å²) in [4.78, 5) is 16.4. The zero-order valence-electron chi connectivity index (χ0n) is 15.0. The van der Waals surface area contributed by atoms with Gasteiger partial charge in [0.2, 0.25) is 0 Å². The number of sulfonamides is 1. The molecular formula is C20H13ClFN3O3S. The number of nitrogens with one attached hydrogen (secondary N) is 1. The molecule has 2 aromatic carbocycles. The van der Waals surface area contributed by atoms with E-state index in [-0.39, 0.29) is 32.5 Å². The summed E-state index contributed by atoms with van der Waals surface area (Å²) in [6, 6.07) is 11.5. The average Bonchev–Trinajstić information content (AvgIpc) is 3.11. The van der Waals surface area contributed by atoms with Crippen LogP contribution in [0.25, 0.3) is 0 Å². The molecule has 0 saturated carbocycles. The Labute approximate surface area is 171 Å². The lowest BCUT2D eigenvalue weighted by atomic mass is 9.98. The van der Waals surface area contributed by atoms with Gasteiger partial charge >= 0.3 is 0 Å². The van der Waals surface area contributed by atoms with Crippen molar-refractivity contribution in [2.24, 2.45) is 4.99 Å². The van der Waals surface area contributed by atoms with Crippen molar-refractivity contribution in [1.82, 2.24) is 4.72 Å². The lowest BCUT2D eigenvalue weighted by molar-refractivity contribution is -0.115. The number of aliphatic imine (C=N–C) groups is 1. The molecule has 146 valence electrons. The molecule has 0 aromatic heterocycles. The van der Waals surface area contributed by atoms with Crippen LogP contribution in [0.1, 0.15) is 18.1 Å². The number of nitrogens with zero attached hydrogens (tertiary/aromatic N) is 2. The minimum Gasteiger partial charge on any atom is -0.266 e. The van der Waals surface area contributed by atoms with Crippen molar-refractivity contribution in [2.45, 2.75) is 11.8 Å². The number of carbonyl (C=O) groups is 1. The van der Waals surface area contributed by atoms with Crippen LogP contribution in [0.2, 0.25) is 5.02 Å². The second-order valence-electron chi connectivity index (χ2n) is 5.87. The molecular weight excluding hydrogens is 417 g/mol. The first-order chi connectivity index (χ1) is 13.8. The van der Waals surface area contributed by atoms with E-state index in [9.17, 15) is 22.9 Å². The van der Waals surface area contributed by atoms with Gasteiger partial charge in [-0.1, -0.05) is 35.9 Å². The molecule has 0 saturated heterocycles. The van der Waals surface area contributed by atoms with Gasteiger partial charge in [0, 0.05) is 0 Å². The van der Waals surface area contributed by atoms with Gasteiger partial charge in [0.15, 0.2) is 0 Å². The van der Waals surface area contributed by atoms with Crippen LogP contribution in [0.5, 0.6) is 0 Å². The summed E-state index contributed by atoms with van der Waals surface area (Å²) in [5.41, 5.74) is 0.197. The summed E-state index contributed by atoms with van der Waals surface area (Å²) >= 11 is 5.90. The van der Waals surface area contributed by atoms with Crippen molar-refractivity contribution in [3.05, 3.63) is 87.9 Å². The van der Waals surface area contributed by atoms with Crippen molar-refractivity contribution in [3.8, 4) is 6.07 Å². The highest BCUT2D eigenvalue weighted by molar-refractivity contribution is 7.90. The molecule has 0 radical (unpaired) electrons. The van der Waals surface area contributed by atoms with Crippen molar-refractivity contribution >= 4 is 33.2 Å². The van der Waals surface area contributed by atoms with E-state index in [1.807, 2.05) is 10.8 Å². The first kappa shape index (κ1) is 20.5. The zero-order valence-corrected chi connectivity index (χ0v) is 16.6. The van der Waals surface area contributed by atoms with Gasteiger partial charge in [-0.15, -0.1) is 0 Å². The summed E-state index contributed by atoms with van der Waals surface area (Å²) in [7, 11) is -4.24. The molecule has 1 amide bonds. The van der Waals surface area contributed by atoms with Crippen LogP contribution >= 0.6 is 11.6 Å². The van der Waals surface area contributed by atoms with Crippen LogP contribution in [-0.2, 0) is 14.8 Å². The van der Waals surface area contributed by atoms with Crippen molar-refractivity contribution in [3.63, 3.8) is 0 Å². The maximum Gasteiger partial charge on any atom is 0.283 e. The number of benzene rings is 2. The summed E-state index contributed by atoms with van der Waals surface area (Å²) in [5.74, 6) is -1.69. The molecule has 0 spiro atoms. The molecule has 0 fully saturated rings. The number of carbonyl (C=O) groups excluding carboxylic acids is 1. The van der Waals surface area contributed by atoms with Gasteiger partial charge < -0.3 is 0 Å². The lowest BCUT2D eigenvalue weighted by Gasteiger charge is -2.08. The number of allylic oxidation sites excluding steroid dienone is 3. The highest BCUT2D eigenvalue weighted by Gasteiger charge is 2.28. The van der Waals surface area contributed by atoms with Gasteiger partial charge in [-0.25, -0.2) is 22.5 Å². The van der Waals surface area contributed by atoms with Crippen LogP contribution in [0.3, 0.4) is 0 Å². The van der Waals surface area contributed by atoms with Gasteiger partial charge in [-0.3, -0.25) is 4.79 Å². The molecule has 1 aliphatic heterocycles. The molecule has 0 atom stereocenters. The fraction of sp³-hybridized carbons (Fsp3) is 0.0500. The van der Waals surface area contributed by atoms with E-state index in [4.69, 9.17) is 11.6 Å². The molecule has 6 nitrogen and oxygen atoms in total. The Balaban J connectivity index is 1.98. The van der Waals surface area contributed by atoms with Crippen molar-refractivity contribution in [2.75, 3.05) is 0 Å². The molecule has 0 bridgehead atoms. The first-order valence-corrected chi connectivity index (χ1v) is 10.1. The van der Waals surface area contributed by atoms with E-state index in [0.717, 1.165) is 0 Å². The predicted octanol–water partition coefficient (Wildman–Crippen LogP) is 3.49. The average molecular weight is 430 g/mol. The van der Waals surface area contributed by atoms with E-state index < -0.39 is 21.7 Å². The van der Waals surface area contributed by atoms with E-state index >= 15 is 0 Å². The smallest absolute Gasteiger partial charge is 0.266 e. The molecule has 9 heteroatoms. The van der Waals surface area contributed by atoms with Gasteiger partial charge in [0.1, 0.15) is 16.4 Å². The van der Waals surface area contributed by atoms with E-state index in [2.05, 4.69) is 4.99 Å². The molecule has 1 N–H and O–H groups in total. The van der Waals surface area contributed by atoms with Crippen LogP contribution in [-0.4, -0.2) is 20.0 Å². The number of nitriles is 1. The fourth-order valence-corrected chi connectivity index (χ4v) is 4.20. The van der Waals surface area contributed by atoms with E-state index in [1.54, 1.807) is 19.1 Å². The fourth-order valence-electron chi connectivity index (χ4n) is 2.72. The maximum atomic E-state index is 14.4. The summed E-state index contributed by atoms with van der Waals surface area (Å²) < 4.78 is 41.2. The second-order valence-corrected chi connectivity index (χ2v) is 7.93. The van der Waals surface area contributed by atoms with Gasteiger partial charge in [-0.2, -0.15) is 5.26 Å². The topological polar surface area (TPSA) is 99.4 Å². The maximum absolute atomic E-state index is 14.4. The molecule has 2 aromatic rings. The minimum atomic E-state index is -4.24. The lowest BCUT2D eigenvalue weighted by Crippen LogP contribution is -2.31. The van der Waals surface area contributed by atoms with Gasteiger partial charge in [0.25, 0.3) is 15.9 Å². The Morgan fingerprint density at radius 2 is 1.97 bits per heavy atom. The predicted molar refractivity (Wildman–Crippen MR) is 106 cm³/mol. The number of hydrogen-bond donors (Lipinski definition) is 1. The first-order valence-electron chi connectivity index (χ1n) is 8.26. The molecule has 1 aliphatic rings. The Kier molecular flexibility index (Phi) is 5.64. The molecule has 0 aliphatic carbocycles.